The molecule has 6 heteroatoms. The van der Waals surface area contributed by atoms with Crippen molar-refractivity contribution in [2.45, 2.75) is 31.4 Å². The molecule has 2 unspecified atom stereocenters. The smallest absolute Gasteiger partial charge is 0.264 e. The maximum Gasteiger partial charge on any atom is 0.264 e. The van der Waals surface area contributed by atoms with Crippen LogP contribution in [0, 0.1) is 0 Å². The second kappa shape index (κ2) is 6.86. The van der Waals surface area contributed by atoms with Crippen LogP contribution in [0.15, 0.2) is 18.2 Å². The fraction of sp³-hybridized carbons (Fsp3) is 0.533. The zero-order valence-corrected chi connectivity index (χ0v) is 13.5. The number of piperidine rings is 1. The summed E-state index contributed by atoms with van der Waals surface area (Å²) in [5.74, 6) is 0.882. The zero-order valence-electron chi connectivity index (χ0n) is 12.0. The number of amides is 1. The Kier molecular flexibility index (Phi) is 5.36. The third-order valence-corrected chi connectivity index (χ3v) is 4.35. The Bertz CT molecular complexity index is 524. The molecule has 0 aliphatic carbocycles. The molecule has 1 aromatic carbocycles. The highest BCUT2D eigenvalue weighted by molar-refractivity contribution is 6.30. The van der Waals surface area contributed by atoms with Gasteiger partial charge in [0.15, 0.2) is 6.10 Å². The lowest BCUT2D eigenvalue weighted by molar-refractivity contribution is -0.139. The lowest BCUT2D eigenvalue weighted by Crippen LogP contribution is -2.50. The number of halogens is 2. The molecular weight excluding hydrogens is 311 g/mol. The van der Waals surface area contributed by atoms with Crippen molar-refractivity contribution in [1.82, 2.24) is 10.2 Å². The molecule has 0 aromatic heterocycles. The number of ether oxygens (including phenoxy) is 1. The summed E-state index contributed by atoms with van der Waals surface area (Å²) < 4.78 is 5.78. The van der Waals surface area contributed by atoms with E-state index in [0.29, 0.717) is 17.5 Å². The van der Waals surface area contributed by atoms with Crippen molar-refractivity contribution in [2.24, 2.45) is 0 Å². The van der Waals surface area contributed by atoms with Gasteiger partial charge >= 0.3 is 0 Å². The molecule has 21 heavy (non-hydrogen) atoms. The van der Waals surface area contributed by atoms with Gasteiger partial charge in [-0.2, -0.15) is 0 Å². The lowest BCUT2D eigenvalue weighted by Gasteiger charge is -2.33. The van der Waals surface area contributed by atoms with Gasteiger partial charge in [-0.3, -0.25) is 4.79 Å². The molecule has 2 aliphatic heterocycles. The molecule has 2 heterocycles. The van der Waals surface area contributed by atoms with Crippen LogP contribution in [0.3, 0.4) is 0 Å². The molecule has 2 atom stereocenters. The number of hydrogen-bond acceptors (Lipinski definition) is 3. The quantitative estimate of drug-likeness (QED) is 0.904. The highest BCUT2D eigenvalue weighted by Crippen LogP contribution is 2.32. The van der Waals surface area contributed by atoms with Gasteiger partial charge in [0.1, 0.15) is 5.75 Å². The number of carbonyl (C=O) groups is 1. The molecule has 4 nitrogen and oxygen atoms in total. The Morgan fingerprint density at radius 3 is 3.05 bits per heavy atom. The monoisotopic (exact) mass is 330 g/mol. The molecule has 1 saturated heterocycles. The number of nitrogens with zero attached hydrogens (tertiary/aromatic N) is 1. The minimum Gasteiger partial charge on any atom is -0.480 e. The molecule has 2 aliphatic rings. The van der Waals surface area contributed by atoms with Crippen LogP contribution in [0.25, 0.3) is 0 Å². The van der Waals surface area contributed by atoms with E-state index in [9.17, 15) is 4.79 Å². The minimum atomic E-state index is -0.390. The van der Waals surface area contributed by atoms with E-state index in [1.807, 2.05) is 24.1 Å². The average Bonchev–Trinajstić information content (AvgIpc) is 2.89. The third kappa shape index (κ3) is 3.44. The predicted octanol–water partition coefficient (Wildman–Crippen LogP) is 2.28. The number of carbonyl (C=O) groups excluding carboxylic acids is 1. The van der Waals surface area contributed by atoms with Crippen LogP contribution in [0.1, 0.15) is 18.4 Å². The van der Waals surface area contributed by atoms with Crippen molar-refractivity contribution < 1.29 is 9.53 Å². The second-order valence-electron chi connectivity index (χ2n) is 5.47. The highest BCUT2D eigenvalue weighted by Gasteiger charge is 2.34. The molecule has 0 radical (unpaired) electrons. The van der Waals surface area contributed by atoms with Gasteiger partial charge in [-0.25, -0.2) is 0 Å². The van der Waals surface area contributed by atoms with Crippen LogP contribution < -0.4 is 10.1 Å². The molecule has 116 valence electrons. The number of likely N-dealkylation sites (N-methyl/N-ethyl adjacent to an activating group) is 1. The summed E-state index contributed by atoms with van der Waals surface area (Å²) in [6.45, 7) is 1.60. The number of benzene rings is 1. The first-order valence-electron chi connectivity index (χ1n) is 7.08. The number of hydrogen-bond donors (Lipinski definition) is 1. The fourth-order valence-corrected chi connectivity index (χ4v) is 3.17. The average molecular weight is 331 g/mol. The summed E-state index contributed by atoms with van der Waals surface area (Å²) in [7, 11) is 1.95. The minimum absolute atomic E-state index is 0. The fourth-order valence-electron chi connectivity index (χ4n) is 2.97. The van der Waals surface area contributed by atoms with Crippen molar-refractivity contribution >= 4 is 29.9 Å². The summed E-state index contributed by atoms with van der Waals surface area (Å²) >= 11 is 5.98. The van der Waals surface area contributed by atoms with Gasteiger partial charge in [0.05, 0.1) is 0 Å². The van der Waals surface area contributed by atoms with E-state index in [1.54, 1.807) is 6.07 Å². The van der Waals surface area contributed by atoms with E-state index in [-0.39, 0.29) is 24.4 Å². The second-order valence-corrected chi connectivity index (χ2v) is 5.91. The number of nitrogens with one attached hydrogen (secondary N) is 1. The summed E-state index contributed by atoms with van der Waals surface area (Å²) in [4.78, 5) is 14.5. The Balaban J connectivity index is 0.00000161. The number of fused-ring (bicyclic) bond motifs is 1. The van der Waals surface area contributed by atoms with Gasteiger partial charge in [0, 0.05) is 30.6 Å². The first-order valence-corrected chi connectivity index (χ1v) is 7.46. The SMILES string of the molecule is CNC1CCCN(C(=O)C2Cc3cc(Cl)ccc3O2)C1.Cl. The van der Waals surface area contributed by atoms with Gasteiger partial charge in [0.2, 0.25) is 0 Å². The topological polar surface area (TPSA) is 41.6 Å². The van der Waals surface area contributed by atoms with Crippen molar-refractivity contribution in [3.8, 4) is 5.75 Å². The first kappa shape index (κ1) is 16.4. The van der Waals surface area contributed by atoms with Gasteiger partial charge in [-0.05, 0) is 43.7 Å². The molecule has 1 amide bonds. The van der Waals surface area contributed by atoms with Crippen molar-refractivity contribution in [3.63, 3.8) is 0 Å². The predicted molar refractivity (Wildman–Crippen MR) is 85.5 cm³/mol. The summed E-state index contributed by atoms with van der Waals surface area (Å²) in [6, 6.07) is 5.92. The zero-order chi connectivity index (χ0) is 14.1. The van der Waals surface area contributed by atoms with Crippen LogP contribution in [0.4, 0.5) is 0 Å². The molecule has 1 N–H and O–H groups in total. The summed E-state index contributed by atoms with van der Waals surface area (Å²) in [5.41, 5.74) is 1.03. The lowest BCUT2D eigenvalue weighted by atomic mass is 10.0. The van der Waals surface area contributed by atoms with Crippen LogP contribution >= 0.6 is 24.0 Å². The van der Waals surface area contributed by atoms with Crippen molar-refractivity contribution in [3.05, 3.63) is 28.8 Å². The summed E-state index contributed by atoms with van der Waals surface area (Å²) in [5, 5.41) is 3.94. The molecule has 0 bridgehead atoms. The van der Waals surface area contributed by atoms with Gasteiger partial charge in [-0.1, -0.05) is 11.6 Å². The van der Waals surface area contributed by atoms with Crippen LogP contribution in [-0.2, 0) is 11.2 Å². The molecular formula is C15H20Cl2N2O2. The van der Waals surface area contributed by atoms with Crippen LogP contribution in [0.5, 0.6) is 5.75 Å². The maximum absolute atomic E-state index is 12.6. The van der Waals surface area contributed by atoms with E-state index < -0.39 is 0 Å². The van der Waals surface area contributed by atoms with Gasteiger partial charge in [0.25, 0.3) is 5.91 Å². The Morgan fingerprint density at radius 2 is 2.29 bits per heavy atom. The number of likely N-dealkylation sites (tertiary alicyclic amines) is 1. The first-order chi connectivity index (χ1) is 9.67. The molecule has 1 fully saturated rings. The van der Waals surface area contributed by atoms with E-state index in [2.05, 4.69) is 5.32 Å². The van der Waals surface area contributed by atoms with Crippen molar-refractivity contribution in [1.29, 1.82) is 0 Å². The normalized spacial score (nSPS) is 24.0. The van der Waals surface area contributed by atoms with E-state index in [1.165, 1.54) is 0 Å². The molecule has 1 aromatic rings. The highest BCUT2D eigenvalue weighted by atomic mass is 35.5. The summed E-state index contributed by atoms with van der Waals surface area (Å²) in [6.07, 6.45) is 2.40. The Labute approximate surface area is 136 Å². The molecule has 0 spiro atoms. The molecule has 0 saturated carbocycles. The Morgan fingerprint density at radius 1 is 1.48 bits per heavy atom. The largest absolute Gasteiger partial charge is 0.480 e. The molecule has 3 rings (SSSR count). The number of rotatable bonds is 2. The Hall–Kier alpha value is -0.970. The maximum atomic E-state index is 12.6. The van der Waals surface area contributed by atoms with Crippen LogP contribution in [-0.4, -0.2) is 43.1 Å². The van der Waals surface area contributed by atoms with Gasteiger partial charge < -0.3 is 15.0 Å². The third-order valence-electron chi connectivity index (χ3n) is 4.11. The van der Waals surface area contributed by atoms with E-state index in [0.717, 1.165) is 37.2 Å². The van der Waals surface area contributed by atoms with E-state index in [4.69, 9.17) is 16.3 Å². The van der Waals surface area contributed by atoms with Crippen LogP contribution in [0.2, 0.25) is 5.02 Å². The van der Waals surface area contributed by atoms with Crippen molar-refractivity contribution in [2.75, 3.05) is 20.1 Å². The van der Waals surface area contributed by atoms with Gasteiger partial charge in [-0.15, -0.1) is 12.4 Å². The standard InChI is InChI=1S/C15H19ClN2O2.ClH/c1-17-12-3-2-6-18(9-12)15(19)14-8-10-7-11(16)4-5-13(10)20-14;/h4-5,7,12,14,17H,2-3,6,8-9H2,1H3;1H. The van der Waals surface area contributed by atoms with E-state index >= 15 is 0 Å².